The molecule has 0 aliphatic heterocycles. The van der Waals surface area contributed by atoms with Crippen LogP contribution in [0, 0.1) is 0 Å². The average Bonchev–Trinajstić information content (AvgIpc) is 2.15. The van der Waals surface area contributed by atoms with Crippen molar-refractivity contribution in [3.63, 3.8) is 0 Å². The molecule has 0 atom stereocenters. The van der Waals surface area contributed by atoms with E-state index in [1.807, 2.05) is 0 Å². The van der Waals surface area contributed by atoms with Crippen LogP contribution in [0.2, 0.25) is 0 Å². The molecule has 5 nitrogen and oxygen atoms in total. The first-order valence-corrected chi connectivity index (χ1v) is 5.15. The lowest BCUT2D eigenvalue weighted by Crippen LogP contribution is -2.50. The molecule has 0 radical (unpaired) electrons. The molecule has 5 heteroatoms. The Morgan fingerprint density at radius 2 is 1.88 bits per heavy atom. The van der Waals surface area contributed by atoms with Gasteiger partial charge in [0, 0.05) is 12.1 Å². The van der Waals surface area contributed by atoms with Crippen molar-refractivity contribution in [3.8, 4) is 11.5 Å². The molecule has 0 spiro atoms. The lowest BCUT2D eigenvalue weighted by atomic mass is 9.87. The van der Waals surface area contributed by atoms with Crippen molar-refractivity contribution < 1.29 is 15.0 Å². The summed E-state index contributed by atoms with van der Waals surface area (Å²) >= 11 is 0. The maximum Gasteiger partial charge on any atom is 0.259 e. The zero-order chi connectivity index (χ0) is 11.7. The van der Waals surface area contributed by atoms with Gasteiger partial charge in [0.05, 0.1) is 0 Å². The Morgan fingerprint density at radius 1 is 1.31 bits per heavy atom. The number of nitrogens with one attached hydrogen (secondary N) is 1. The molecule has 1 aromatic rings. The Balaban J connectivity index is 2.09. The predicted octanol–water partition coefficient (Wildman–Crippen LogP) is 0.317. The molecule has 1 saturated carbocycles. The fourth-order valence-corrected chi connectivity index (χ4v) is 1.80. The van der Waals surface area contributed by atoms with E-state index in [1.54, 1.807) is 0 Å². The first-order chi connectivity index (χ1) is 7.58. The lowest BCUT2D eigenvalue weighted by Gasteiger charge is -2.33. The topological polar surface area (TPSA) is 95.6 Å². The van der Waals surface area contributed by atoms with E-state index in [4.69, 9.17) is 5.73 Å². The third-order valence-corrected chi connectivity index (χ3v) is 2.76. The molecule has 16 heavy (non-hydrogen) atoms. The average molecular weight is 222 g/mol. The van der Waals surface area contributed by atoms with Crippen molar-refractivity contribution in [3.05, 3.63) is 23.8 Å². The molecule has 1 fully saturated rings. The Hall–Kier alpha value is -1.75. The summed E-state index contributed by atoms with van der Waals surface area (Å²) < 4.78 is 0. The number of amides is 1. The van der Waals surface area contributed by atoms with Crippen LogP contribution < -0.4 is 11.1 Å². The van der Waals surface area contributed by atoms with Crippen molar-refractivity contribution >= 4 is 5.91 Å². The van der Waals surface area contributed by atoms with Crippen LogP contribution in [0.25, 0.3) is 0 Å². The number of phenols is 2. The first-order valence-electron chi connectivity index (χ1n) is 5.15. The lowest BCUT2D eigenvalue weighted by molar-refractivity contribution is 0.0904. The van der Waals surface area contributed by atoms with Crippen molar-refractivity contribution in [1.29, 1.82) is 0 Å². The van der Waals surface area contributed by atoms with Crippen LogP contribution >= 0.6 is 0 Å². The molecule has 2 rings (SSSR count). The second kappa shape index (κ2) is 4.02. The third-order valence-electron chi connectivity index (χ3n) is 2.76. The highest BCUT2D eigenvalue weighted by molar-refractivity contribution is 5.99. The van der Waals surface area contributed by atoms with Gasteiger partial charge in [-0.3, -0.25) is 4.79 Å². The SMILES string of the molecule is NC1CC(NC(=O)c2c(O)cccc2O)C1. The normalized spacial score (nSPS) is 23.6. The van der Waals surface area contributed by atoms with E-state index in [0.29, 0.717) is 0 Å². The van der Waals surface area contributed by atoms with E-state index in [1.165, 1.54) is 18.2 Å². The molecule has 1 aliphatic rings. The quantitative estimate of drug-likeness (QED) is 0.579. The molecule has 0 heterocycles. The molecular weight excluding hydrogens is 208 g/mol. The minimum atomic E-state index is -0.465. The highest BCUT2D eigenvalue weighted by atomic mass is 16.3. The maximum atomic E-state index is 11.7. The van der Waals surface area contributed by atoms with Crippen LogP contribution in [0.1, 0.15) is 23.2 Å². The van der Waals surface area contributed by atoms with Crippen molar-refractivity contribution in [2.75, 3.05) is 0 Å². The molecule has 0 bridgehead atoms. The fraction of sp³-hybridized carbons (Fsp3) is 0.364. The van der Waals surface area contributed by atoms with Gasteiger partial charge in [-0.05, 0) is 25.0 Å². The maximum absolute atomic E-state index is 11.7. The Labute approximate surface area is 92.9 Å². The van der Waals surface area contributed by atoms with Crippen LogP contribution in [0.5, 0.6) is 11.5 Å². The highest BCUT2D eigenvalue weighted by Gasteiger charge is 2.28. The van der Waals surface area contributed by atoms with Gasteiger partial charge in [-0.2, -0.15) is 0 Å². The molecule has 1 amide bonds. The van der Waals surface area contributed by atoms with Crippen LogP contribution in [-0.2, 0) is 0 Å². The third kappa shape index (κ3) is 1.94. The van der Waals surface area contributed by atoms with Gasteiger partial charge in [0.1, 0.15) is 17.1 Å². The van der Waals surface area contributed by atoms with Gasteiger partial charge >= 0.3 is 0 Å². The number of phenolic OH excluding ortho intramolecular Hbond substituents is 2. The van der Waals surface area contributed by atoms with Gasteiger partial charge in [0.25, 0.3) is 5.91 Å². The Morgan fingerprint density at radius 3 is 2.38 bits per heavy atom. The monoisotopic (exact) mass is 222 g/mol. The van der Waals surface area contributed by atoms with E-state index in [-0.39, 0.29) is 29.1 Å². The zero-order valence-corrected chi connectivity index (χ0v) is 8.68. The minimum Gasteiger partial charge on any atom is -0.507 e. The first kappa shape index (κ1) is 10.8. The molecule has 1 aliphatic carbocycles. The summed E-state index contributed by atoms with van der Waals surface area (Å²) in [6.45, 7) is 0. The predicted molar refractivity (Wildman–Crippen MR) is 58.2 cm³/mol. The van der Waals surface area contributed by atoms with E-state index in [0.717, 1.165) is 12.8 Å². The van der Waals surface area contributed by atoms with Gasteiger partial charge in [0.2, 0.25) is 0 Å². The summed E-state index contributed by atoms with van der Waals surface area (Å²) in [5, 5.41) is 21.6. The van der Waals surface area contributed by atoms with Crippen LogP contribution in [-0.4, -0.2) is 28.2 Å². The van der Waals surface area contributed by atoms with Crippen LogP contribution in [0.4, 0.5) is 0 Å². The highest BCUT2D eigenvalue weighted by Crippen LogP contribution is 2.27. The summed E-state index contributed by atoms with van der Waals surface area (Å²) in [5.74, 6) is -0.908. The molecule has 5 N–H and O–H groups in total. The van der Waals surface area contributed by atoms with Gasteiger partial charge in [-0.1, -0.05) is 6.07 Å². The number of nitrogens with two attached hydrogens (primary N) is 1. The van der Waals surface area contributed by atoms with Crippen molar-refractivity contribution in [2.45, 2.75) is 24.9 Å². The van der Waals surface area contributed by atoms with E-state index in [9.17, 15) is 15.0 Å². The number of hydrogen-bond acceptors (Lipinski definition) is 4. The van der Waals surface area contributed by atoms with E-state index < -0.39 is 5.91 Å². The summed E-state index contributed by atoms with van der Waals surface area (Å²) in [6, 6.07) is 4.38. The smallest absolute Gasteiger partial charge is 0.259 e. The van der Waals surface area contributed by atoms with Crippen LogP contribution in [0.3, 0.4) is 0 Å². The van der Waals surface area contributed by atoms with Crippen molar-refractivity contribution in [2.24, 2.45) is 5.73 Å². The second-order valence-electron chi connectivity index (χ2n) is 4.07. The van der Waals surface area contributed by atoms with E-state index in [2.05, 4.69) is 5.32 Å². The zero-order valence-electron chi connectivity index (χ0n) is 8.68. The number of carbonyl (C=O) groups excluding carboxylic acids is 1. The fourth-order valence-electron chi connectivity index (χ4n) is 1.80. The molecule has 0 saturated heterocycles. The van der Waals surface area contributed by atoms with Gasteiger partial charge < -0.3 is 21.3 Å². The number of benzene rings is 1. The summed E-state index contributed by atoms with van der Waals surface area (Å²) in [5.41, 5.74) is 5.51. The Kier molecular flexibility index (Phi) is 2.70. The summed E-state index contributed by atoms with van der Waals surface area (Å²) in [4.78, 5) is 11.7. The van der Waals surface area contributed by atoms with Crippen molar-refractivity contribution in [1.82, 2.24) is 5.32 Å². The molecule has 0 unspecified atom stereocenters. The van der Waals surface area contributed by atoms with Gasteiger partial charge in [-0.25, -0.2) is 0 Å². The number of hydrogen-bond donors (Lipinski definition) is 4. The van der Waals surface area contributed by atoms with Gasteiger partial charge in [-0.15, -0.1) is 0 Å². The van der Waals surface area contributed by atoms with Gasteiger partial charge in [0.15, 0.2) is 0 Å². The Bertz CT molecular complexity index is 393. The number of rotatable bonds is 2. The van der Waals surface area contributed by atoms with Crippen LogP contribution in [0.15, 0.2) is 18.2 Å². The minimum absolute atomic E-state index is 0.0431. The molecule has 0 aromatic heterocycles. The molecule has 86 valence electrons. The standard InChI is InChI=1S/C11H14N2O3/c12-6-4-7(5-6)13-11(16)10-8(14)2-1-3-9(10)15/h1-3,6-7,14-15H,4-5,12H2,(H,13,16). The number of aromatic hydroxyl groups is 2. The largest absolute Gasteiger partial charge is 0.507 e. The summed E-state index contributed by atoms with van der Waals surface area (Å²) in [7, 11) is 0. The molecule has 1 aromatic carbocycles. The van der Waals surface area contributed by atoms with E-state index >= 15 is 0 Å². The molecular formula is C11H14N2O3. The second-order valence-corrected chi connectivity index (χ2v) is 4.07. The number of carbonyl (C=O) groups is 1. The summed E-state index contributed by atoms with van der Waals surface area (Å²) in [6.07, 6.45) is 1.47.